The summed E-state index contributed by atoms with van der Waals surface area (Å²) in [4.78, 5) is 11.1. The van der Waals surface area contributed by atoms with E-state index in [9.17, 15) is 4.79 Å². The van der Waals surface area contributed by atoms with Crippen molar-refractivity contribution >= 4 is 22.4 Å². The second-order valence-corrected chi connectivity index (χ2v) is 5.47. The fourth-order valence-electron chi connectivity index (χ4n) is 1.98. The van der Waals surface area contributed by atoms with E-state index < -0.39 is 5.91 Å². The zero-order chi connectivity index (χ0) is 14.8. The summed E-state index contributed by atoms with van der Waals surface area (Å²) in [5.74, 6) is -0.425. The van der Waals surface area contributed by atoms with E-state index in [2.05, 4.69) is 10.2 Å². The number of nitrogen functional groups attached to an aromatic ring is 1. The molecule has 0 aliphatic rings. The molecule has 1 heterocycles. The highest BCUT2D eigenvalue weighted by molar-refractivity contribution is 7.18. The molecule has 0 atom stereocenters. The lowest BCUT2D eigenvalue weighted by atomic mass is 10.0. The predicted molar refractivity (Wildman–Crippen MR) is 83.7 cm³/mol. The Kier molecular flexibility index (Phi) is 3.37. The highest BCUT2D eigenvalue weighted by Crippen LogP contribution is 2.27. The number of nitrogens with two attached hydrogens (primary N) is 2. The van der Waals surface area contributed by atoms with E-state index in [0.29, 0.717) is 10.7 Å². The molecule has 4 N–H and O–H groups in total. The van der Waals surface area contributed by atoms with Crippen LogP contribution in [0.2, 0.25) is 0 Å². The third-order valence-corrected chi connectivity index (χ3v) is 3.88. The Balaban J connectivity index is 1.88. The summed E-state index contributed by atoms with van der Waals surface area (Å²) in [6.45, 7) is 0. The maximum atomic E-state index is 11.1. The highest BCUT2D eigenvalue weighted by atomic mass is 32.1. The van der Waals surface area contributed by atoms with Gasteiger partial charge in [0.1, 0.15) is 5.01 Å². The van der Waals surface area contributed by atoms with Gasteiger partial charge in [-0.3, -0.25) is 4.79 Å². The Morgan fingerprint density at radius 3 is 1.86 bits per heavy atom. The Hall–Kier alpha value is -2.73. The van der Waals surface area contributed by atoms with Gasteiger partial charge in [-0.1, -0.05) is 47.7 Å². The van der Waals surface area contributed by atoms with Gasteiger partial charge in [0.05, 0.1) is 0 Å². The third kappa shape index (κ3) is 2.75. The molecule has 5 nitrogen and oxygen atoms in total. The minimum atomic E-state index is -0.425. The monoisotopic (exact) mass is 296 g/mol. The minimum Gasteiger partial charge on any atom is -0.374 e. The van der Waals surface area contributed by atoms with E-state index in [4.69, 9.17) is 11.5 Å². The second-order valence-electron chi connectivity index (χ2n) is 4.46. The van der Waals surface area contributed by atoms with E-state index in [1.807, 2.05) is 36.4 Å². The summed E-state index contributed by atoms with van der Waals surface area (Å²) in [7, 11) is 0. The number of aromatic nitrogens is 2. The second kappa shape index (κ2) is 5.34. The number of amides is 1. The average Bonchev–Trinajstić information content (AvgIpc) is 2.94. The van der Waals surface area contributed by atoms with Crippen molar-refractivity contribution in [3.63, 3.8) is 0 Å². The molecule has 0 spiro atoms. The van der Waals surface area contributed by atoms with Crippen LogP contribution in [0.4, 0.5) is 5.13 Å². The first kappa shape index (κ1) is 13.3. The summed E-state index contributed by atoms with van der Waals surface area (Å²) in [6, 6.07) is 15.1. The molecule has 0 aliphatic carbocycles. The van der Waals surface area contributed by atoms with Crippen molar-refractivity contribution in [3.05, 3.63) is 54.1 Å². The quantitative estimate of drug-likeness (QED) is 0.776. The normalized spacial score (nSPS) is 10.5. The first-order valence-corrected chi connectivity index (χ1v) is 7.05. The molecule has 0 aliphatic heterocycles. The Morgan fingerprint density at radius 2 is 1.38 bits per heavy atom. The van der Waals surface area contributed by atoms with Crippen LogP contribution in [0.1, 0.15) is 10.4 Å². The fourth-order valence-corrected chi connectivity index (χ4v) is 2.60. The SMILES string of the molecule is NC(=O)c1ccc(-c2ccc(-c3nnc(N)s3)cc2)cc1. The van der Waals surface area contributed by atoms with Gasteiger partial charge in [0.25, 0.3) is 0 Å². The van der Waals surface area contributed by atoms with Crippen LogP contribution in [0.3, 0.4) is 0 Å². The van der Waals surface area contributed by atoms with E-state index >= 15 is 0 Å². The van der Waals surface area contributed by atoms with Gasteiger partial charge < -0.3 is 11.5 Å². The van der Waals surface area contributed by atoms with Crippen LogP contribution in [0, 0.1) is 0 Å². The van der Waals surface area contributed by atoms with Crippen molar-refractivity contribution in [3.8, 4) is 21.7 Å². The zero-order valence-electron chi connectivity index (χ0n) is 11.0. The predicted octanol–water partition coefficient (Wildman–Crippen LogP) is 2.55. The number of carbonyl (C=O) groups is 1. The van der Waals surface area contributed by atoms with Crippen LogP contribution in [-0.4, -0.2) is 16.1 Å². The lowest BCUT2D eigenvalue weighted by molar-refractivity contribution is 0.100. The molecule has 0 bridgehead atoms. The lowest BCUT2D eigenvalue weighted by Gasteiger charge is -2.03. The van der Waals surface area contributed by atoms with Gasteiger partial charge in [-0.05, 0) is 23.3 Å². The Labute approximate surface area is 125 Å². The van der Waals surface area contributed by atoms with Gasteiger partial charge in [-0.15, -0.1) is 10.2 Å². The molecule has 0 saturated heterocycles. The number of hydrogen-bond donors (Lipinski definition) is 2. The van der Waals surface area contributed by atoms with Crippen LogP contribution in [0.15, 0.2) is 48.5 Å². The number of carbonyl (C=O) groups excluding carboxylic acids is 1. The number of primary amides is 1. The van der Waals surface area contributed by atoms with Crippen molar-refractivity contribution in [2.75, 3.05) is 5.73 Å². The van der Waals surface area contributed by atoms with Gasteiger partial charge in [0.15, 0.2) is 0 Å². The molecular formula is C15H12N4OS. The van der Waals surface area contributed by atoms with Crippen LogP contribution >= 0.6 is 11.3 Å². The minimum absolute atomic E-state index is 0.425. The van der Waals surface area contributed by atoms with Crippen LogP contribution in [-0.2, 0) is 0 Å². The van der Waals surface area contributed by atoms with Gasteiger partial charge in [0.2, 0.25) is 11.0 Å². The number of nitrogens with zero attached hydrogens (tertiary/aromatic N) is 2. The van der Waals surface area contributed by atoms with E-state index in [-0.39, 0.29) is 0 Å². The summed E-state index contributed by atoms with van der Waals surface area (Å²) >= 11 is 1.35. The van der Waals surface area contributed by atoms with Crippen molar-refractivity contribution in [1.82, 2.24) is 10.2 Å². The number of benzene rings is 2. The molecule has 104 valence electrons. The fraction of sp³-hybridized carbons (Fsp3) is 0. The maximum Gasteiger partial charge on any atom is 0.248 e. The average molecular weight is 296 g/mol. The summed E-state index contributed by atoms with van der Waals surface area (Å²) in [5.41, 5.74) is 14.3. The van der Waals surface area contributed by atoms with E-state index in [0.717, 1.165) is 21.7 Å². The molecule has 2 aromatic carbocycles. The van der Waals surface area contributed by atoms with Crippen molar-refractivity contribution in [1.29, 1.82) is 0 Å². The maximum absolute atomic E-state index is 11.1. The molecule has 1 aromatic heterocycles. The van der Waals surface area contributed by atoms with E-state index in [1.54, 1.807) is 12.1 Å². The molecule has 6 heteroatoms. The van der Waals surface area contributed by atoms with Crippen LogP contribution in [0.5, 0.6) is 0 Å². The van der Waals surface area contributed by atoms with Gasteiger partial charge >= 0.3 is 0 Å². The van der Waals surface area contributed by atoms with Crippen molar-refractivity contribution in [2.45, 2.75) is 0 Å². The number of rotatable bonds is 3. The molecule has 0 saturated carbocycles. The standard InChI is InChI=1S/C15H12N4OS/c16-13(20)11-5-1-9(2-6-11)10-3-7-12(8-4-10)14-18-19-15(17)21-14/h1-8H,(H2,16,20)(H2,17,19). The molecule has 0 fully saturated rings. The molecule has 21 heavy (non-hydrogen) atoms. The third-order valence-electron chi connectivity index (χ3n) is 3.08. The van der Waals surface area contributed by atoms with Crippen LogP contribution in [0.25, 0.3) is 21.7 Å². The molecule has 0 unspecified atom stereocenters. The molecule has 0 radical (unpaired) electrons. The summed E-state index contributed by atoms with van der Waals surface area (Å²) < 4.78 is 0. The smallest absolute Gasteiger partial charge is 0.248 e. The van der Waals surface area contributed by atoms with Crippen molar-refractivity contribution in [2.24, 2.45) is 5.73 Å². The first-order valence-electron chi connectivity index (χ1n) is 6.23. The number of anilines is 1. The largest absolute Gasteiger partial charge is 0.374 e. The molecule has 3 aromatic rings. The zero-order valence-corrected chi connectivity index (χ0v) is 11.8. The Morgan fingerprint density at radius 1 is 0.857 bits per heavy atom. The highest BCUT2D eigenvalue weighted by Gasteiger charge is 2.06. The van der Waals surface area contributed by atoms with Crippen LogP contribution < -0.4 is 11.5 Å². The molecular weight excluding hydrogens is 284 g/mol. The van der Waals surface area contributed by atoms with Gasteiger partial charge in [0, 0.05) is 11.1 Å². The molecule has 1 amide bonds. The van der Waals surface area contributed by atoms with Gasteiger partial charge in [-0.25, -0.2) is 0 Å². The summed E-state index contributed by atoms with van der Waals surface area (Å²) in [5, 5.41) is 9.06. The van der Waals surface area contributed by atoms with E-state index in [1.165, 1.54) is 11.3 Å². The first-order chi connectivity index (χ1) is 10.1. The van der Waals surface area contributed by atoms with Crippen molar-refractivity contribution < 1.29 is 4.79 Å². The summed E-state index contributed by atoms with van der Waals surface area (Å²) in [6.07, 6.45) is 0. The Bertz CT molecular complexity index is 778. The topological polar surface area (TPSA) is 94.9 Å². The number of hydrogen-bond acceptors (Lipinski definition) is 5. The van der Waals surface area contributed by atoms with Gasteiger partial charge in [-0.2, -0.15) is 0 Å². The molecule has 3 rings (SSSR count). The lowest BCUT2D eigenvalue weighted by Crippen LogP contribution is -2.10.